The molecule has 0 radical (unpaired) electrons. The number of hydrogen-bond acceptors (Lipinski definition) is 6. The van der Waals surface area contributed by atoms with Crippen LogP contribution in [0.5, 0.6) is 0 Å². The van der Waals surface area contributed by atoms with E-state index in [9.17, 15) is 14.4 Å². The normalized spacial score (nSPS) is 12.2. The third kappa shape index (κ3) is 4.70. The molecule has 0 aromatic carbocycles. The van der Waals surface area contributed by atoms with E-state index in [1.54, 1.807) is 0 Å². The number of carbonyl (C=O) groups is 3. The summed E-state index contributed by atoms with van der Waals surface area (Å²) in [6, 6.07) is 0. The van der Waals surface area contributed by atoms with Crippen LogP contribution in [0, 0.1) is 11.8 Å². The zero-order chi connectivity index (χ0) is 14.3. The van der Waals surface area contributed by atoms with Crippen LogP contribution < -0.4 is 0 Å². The average Bonchev–Trinajstić information content (AvgIpc) is 2.35. The first-order valence-electron chi connectivity index (χ1n) is 4.90. The van der Waals surface area contributed by atoms with Crippen LogP contribution in [0.25, 0.3) is 0 Å². The van der Waals surface area contributed by atoms with Gasteiger partial charge in [0.25, 0.3) is 0 Å². The van der Waals surface area contributed by atoms with Crippen molar-refractivity contribution in [2.75, 3.05) is 21.3 Å². The molecule has 1 atom stereocenters. The van der Waals surface area contributed by atoms with Crippen LogP contribution in [0.1, 0.15) is 6.42 Å². The molecule has 0 aliphatic heterocycles. The standard InChI is InChI=1S/C10H14Cl2O6/c1-16-8(13)5(4-6(11)12)7(9(14)17-2)10(15)18-3/h5-7H,4H2,1-3H3. The van der Waals surface area contributed by atoms with Crippen LogP contribution in [0.15, 0.2) is 0 Å². The summed E-state index contributed by atoms with van der Waals surface area (Å²) < 4.78 is 13.4. The number of hydrogen-bond donors (Lipinski definition) is 0. The number of ether oxygens (including phenoxy) is 3. The molecule has 0 aromatic rings. The molecule has 0 fully saturated rings. The van der Waals surface area contributed by atoms with E-state index >= 15 is 0 Å². The van der Waals surface area contributed by atoms with Gasteiger partial charge in [0.2, 0.25) is 0 Å². The summed E-state index contributed by atoms with van der Waals surface area (Å²) in [7, 11) is 3.30. The van der Waals surface area contributed by atoms with Gasteiger partial charge in [0.15, 0.2) is 5.92 Å². The van der Waals surface area contributed by atoms with Gasteiger partial charge in [-0.3, -0.25) is 14.4 Å². The van der Waals surface area contributed by atoms with Gasteiger partial charge in [-0.1, -0.05) is 0 Å². The molecule has 6 nitrogen and oxygen atoms in total. The fourth-order valence-corrected chi connectivity index (χ4v) is 1.77. The Hall–Kier alpha value is -1.01. The zero-order valence-corrected chi connectivity index (χ0v) is 11.7. The van der Waals surface area contributed by atoms with Crippen molar-refractivity contribution in [1.82, 2.24) is 0 Å². The number of methoxy groups -OCH3 is 3. The first kappa shape index (κ1) is 17.0. The van der Waals surface area contributed by atoms with Crippen molar-refractivity contribution < 1.29 is 28.6 Å². The maximum atomic E-state index is 11.6. The molecule has 18 heavy (non-hydrogen) atoms. The Labute approximate surface area is 114 Å². The minimum absolute atomic E-state index is 0.134. The summed E-state index contributed by atoms with van der Waals surface area (Å²) in [5, 5.41) is 0. The topological polar surface area (TPSA) is 78.9 Å². The molecule has 0 saturated heterocycles. The Balaban J connectivity index is 5.25. The van der Waals surface area contributed by atoms with E-state index in [2.05, 4.69) is 14.2 Å². The largest absolute Gasteiger partial charge is 0.469 e. The van der Waals surface area contributed by atoms with E-state index < -0.39 is 34.6 Å². The minimum atomic E-state index is -1.45. The van der Waals surface area contributed by atoms with Gasteiger partial charge < -0.3 is 14.2 Å². The number of esters is 3. The molecule has 0 aliphatic carbocycles. The number of halogens is 2. The van der Waals surface area contributed by atoms with E-state index in [1.807, 2.05) is 0 Å². The summed E-state index contributed by atoms with van der Waals surface area (Å²) in [6.45, 7) is 0. The van der Waals surface area contributed by atoms with Crippen molar-refractivity contribution in [3.63, 3.8) is 0 Å². The predicted octanol–water partition coefficient (Wildman–Crippen LogP) is 0.932. The van der Waals surface area contributed by atoms with E-state index in [0.29, 0.717) is 0 Å². The summed E-state index contributed by atoms with van der Waals surface area (Å²) in [4.78, 5) is 33.7. The summed E-state index contributed by atoms with van der Waals surface area (Å²) in [6.07, 6.45) is -0.134. The lowest BCUT2D eigenvalue weighted by Crippen LogP contribution is -2.38. The van der Waals surface area contributed by atoms with Crippen LogP contribution >= 0.6 is 23.2 Å². The maximum absolute atomic E-state index is 11.6. The number of carbonyl (C=O) groups excluding carboxylic acids is 3. The van der Waals surface area contributed by atoms with Crippen molar-refractivity contribution in [3.8, 4) is 0 Å². The lowest BCUT2D eigenvalue weighted by molar-refractivity contribution is -0.168. The van der Waals surface area contributed by atoms with E-state index in [0.717, 1.165) is 21.3 Å². The molecule has 0 amide bonds. The fourth-order valence-electron chi connectivity index (χ4n) is 1.39. The van der Waals surface area contributed by atoms with E-state index in [-0.39, 0.29) is 6.42 Å². The minimum Gasteiger partial charge on any atom is -0.469 e. The van der Waals surface area contributed by atoms with Gasteiger partial charge in [-0.15, -0.1) is 23.2 Å². The van der Waals surface area contributed by atoms with Gasteiger partial charge >= 0.3 is 17.9 Å². The highest BCUT2D eigenvalue weighted by Gasteiger charge is 2.42. The van der Waals surface area contributed by atoms with Crippen LogP contribution in [-0.2, 0) is 28.6 Å². The van der Waals surface area contributed by atoms with Crippen LogP contribution in [0.4, 0.5) is 0 Å². The lowest BCUT2D eigenvalue weighted by atomic mass is 9.90. The van der Waals surface area contributed by atoms with Crippen LogP contribution in [0.3, 0.4) is 0 Å². The van der Waals surface area contributed by atoms with Crippen molar-refractivity contribution in [1.29, 1.82) is 0 Å². The summed E-state index contributed by atoms with van der Waals surface area (Å²) in [5.74, 6) is -5.22. The smallest absolute Gasteiger partial charge is 0.320 e. The number of rotatable bonds is 6. The van der Waals surface area contributed by atoms with Gasteiger partial charge in [0.1, 0.15) is 4.84 Å². The summed E-state index contributed by atoms with van der Waals surface area (Å²) >= 11 is 11.1. The zero-order valence-electron chi connectivity index (χ0n) is 10.1. The molecule has 0 bridgehead atoms. The second-order valence-corrected chi connectivity index (χ2v) is 4.56. The molecule has 8 heteroatoms. The Morgan fingerprint density at radius 3 is 1.56 bits per heavy atom. The molecule has 0 saturated carbocycles. The van der Waals surface area contributed by atoms with Crippen molar-refractivity contribution in [3.05, 3.63) is 0 Å². The molecule has 104 valence electrons. The molecule has 0 aliphatic rings. The van der Waals surface area contributed by atoms with Gasteiger partial charge in [-0.2, -0.15) is 0 Å². The van der Waals surface area contributed by atoms with Gasteiger partial charge in [0.05, 0.1) is 27.2 Å². The van der Waals surface area contributed by atoms with Crippen molar-refractivity contribution >= 4 is 41.1 Å². The molecule has 0 aromatic heterocycles. The maximum Gasteiger partial charge on any atom is 0.320 e. The fraction of sp³-hybridized carbons (Fsp3) is 0.700. The Morgan fingerprint density at radius 2 is 1.28 bits per heavy atom. The third-order valence-corrected chi connectivity index (χ3v) is 2.60. The lowest BCUT2D eigenvalue weighted by Gasteiger charge is -2.21. The molecule has 0 heterocycles. The van der Waals surface area contributed by atoms with Gasteiger partial charge in [-0.05, 0) is 6.42 Å². The first-order chi connectivity index (χ1) is 8.38. The Bertz CT molecular complexity index is 301. The average molecular weight is 301 g/mol. The SMILES string of the molecule is COC(=O)C(CC(Cl)Cl)C(C(=O)OC)C(=O)OC. The highest BCUT2D eigenvalue weighted by atomic mass is 35.5. The number of alkyl halides is 2. The molecule has 0 rings (SSSR count). The Kier molecular flexibility index (Phi) is 7.70. The summed E-state index contributed by atoms with van der Waals surface area (Å²) in [5.41, 5.74) is 0. The first-order valence-corrected chi connectivity index (χ1v) is 5.77. The van der Waals surface area contributed by atoms with Gasteiger partial charge in [0, 0.05) is 0 Å². The Morgan fingerprint density at radius 1 is 0.889 bits per heavy atom. The molecule has 0 spiro atoms. The second-order valence-electron chi connectivity index (χ2n) is 3.28. The van der Waals surface area contributed by atoms with E-state index in [4.69, 9.17) is 23.2 Å². The molecule has 0 N–H and O–H groups in total. The van der Waals surface area contributed by atoms with Gasteiger partial charge in [-0.25, -0.2) is 0 Å². The third-order valence-electron chi connectivity index (χ3n) is 2.25. The van der Waals surface area contributed by atoms with Crippen LogP contribution in [0.2, 0.25) is 0 Å². The molecule has 1 unspecified atom stereocenters. The second kappa shape index (κ2) is 8.16. The van der Waals surface area contributed by atoms with Crippen molar-refractivity contribution in [2.45, 2.75) is 11.3 Å². The monoisotopic (exact) mass is 300 g/mol. The predicted molar refractivity (Wildman–Crippen MR) is 63.1 cm³/mol. The van der Waals surface area contributed by atoms with E-state index in [1.165, 1.54) is 0 Å². The van der Waals surface area contributed by atoms with Crippen molar-refractivity contribution in [2.24, 2.45) is 11.8 Å². The molecular formula is C10H14Cl2O6. The van der Waals surface area contributed by atoms with Crippen LogP contribution in [-0.4, -0.2) is 44.1 Å². The highest BCUT2D eigenvalue weighted by molar-refractivity contribution is 6.44. The highest BCUT2D eigenvalue weighted by Crippen LogP contribution is 2.26. The quantitative estimate of drug-likeness (QED) is 0.314. The molecular weight excluding hydrogens is 287 g/mol.